The van der Waals surface area contributed by atoms with Crippen LogP contribution in [0.2, 0.25) is 0 Å². The number of ether oxygens (including phenoxy) is 1. The zero-order valence-electron chi connectivity index (χ0n) is 24.4. The number of para-hydroxylation sites is 1. The molecule has 0 spiro atoms. The third-order valence-corrected chi connectivity index (χ3v) is 7.31. The third-order valence-electron chi connectivity index (χ3n) is 7.31. The van der Waals surface area contributed by atoms with Gasteiger partial charge >= 0.3 is 5.97 Å². The molecule has 2 aromatic rings. The van der Waals surface area contributed by atoms with Gasteiger partial charge in [0, 0.05) is 18.9 Å². The first-order valence-corrected chi connectivity index (χ1v) is 14.2. The van der Waals surface area contributed by atoms with E-state index in [2.05, 4.69) is 16.0 Å². The molecule has 1 aliphatic rings. The molecule has 3 rings (SSSR count). The van der Waals surface area contributed by atoms with Crippen LogP contribution in [0.4, 0.5) is 0 Å². The highest BCUT2D eigenvalue weighted by molar-refractivity contribution is 5.93. The largest absolute Gasteiger partial charge is 0.488 e. The second-order valence-electron chi connectivity index (χ2n) is 10.5. The van der Waals surface area contributed by atoms with Crippen molar-refractivity contribution in [2.75, 3.05) is 13.1 Å². The lowest BCUT2D eigenvalue weighted by atomic mass is 9.98. The first-order valence-electron chi connectivity index (χ1n) is 14.2. The summed E-state index contributed by atoms with van der Waals surface area (Å²) < 4.78 is 6.30. The third kappa shape index (κ3) is 9.12. The summed E-state index contributed by atoms with van der Waals surface area (Å²) in [7, 11) is 0. The standard InChI is InChI=1S/C31H38N4O8/c1-4-19(2)29(33-20(3)37)31(42)32-16-27(38)35-17-23(15-25(35)30(41)34-22(18-36)14-28(39)40)43-26-13-9-8-12-24(26)21-10-6-5-7-11-21/h5-13,18-19,22-23,25,29H,4,14-17H2,1-3H3,(H,32,42)(H,33,37)(H,34,41)(H,39,40)/t19-,22-,23-,25-,29-/m0/s1. The number of hydrogen-bond acceptors (Lipinski definition) is 7. The van der Waals surface area contributed by atoms with Gasteiger partial charge < -0.3 is 35.5 Å². The predicted molar refractivity (Wildman–Crippen MR) is 157 cm³/mol. The van der Waals surface area contributed by atoms with Crippen LogP contribution < -0.4 is 20.7 Å². The van der Waals surface area contributed by atoms with Gasteiger partial charge in [-0.2, -0.15) is 0 Å². The monoisotopic (exact) mass is 594 g/mol. The molecule has 0 radical (unpaired) electrons. The molecular formula is C31H38N4O8. The highest BCUT2D eigenvalue weighted by Crippen LogP contribution is 2.32. The van der Waals surface area contributed by atoms with Crippen LogP contribution in [0, 0.1) is 5.92 Å². The zero-order valence-corrected chi connectivity index (χ0v) is 24.4. The van der Waals surface area contributed by atoms with Crippen molar-refractivity contribution in [1.82, 2.24) is 20.9 Å². The van der Waals surface area contributed by atoms with E-state index in [1.54, 1.807) is 13.0 Å². The van der Waals surface area contributed by atoms with E-state index < -0.39 is 60.9 Å². The lowest BCUT2D eigenvalue weighted by molar-refractivity contribution is -0.141. The Kier molecular flexibility index (Phi) is 11.8. The molecule has 230 valence electrons. The maximum absolute atomic E-state index is 13.4. The molecule has 0 bridgehead atoms. The number of likely N-dealkylation sites (tertiary alicyclic amines) is 1. The van der Waals surface area contributed by atoms with E-state index in [1.165, 1.54) is 11.8 Å². The van der Waals surface area contributed by atoms with Crippen LogP contribution in [0.5, 0.6) is 5.75 Å². The molecule has 1 aliphatic heterocycles. The van der Waals surface area contributed by atoms with E-state index in [1.807, 2.05) is 55.5 Å². The van der Waals surface area contributed by atoms with Gasteiger partial charge in [-0.3, -0.25) is 24.0 Å². The first-order chi connectivity index (χ1) is 20.5. The van der Waals surface area contributed by atoms with Crippen LogP contribution in [0.15, 0.2) is 54.6 Å². The number of nitrogens with one attached hydrogen (secondary N) is 3. The van der Waals surface area contributed by atoms with Gasteiger partial charge in [-0.25, -0.2) is 0 Å². The fraction of sp³-hybridized carbons (Fsp3) is 0.419. The molecule has 12 heteroatoms. The number of aliphatic carboxylic acids is 1. The molecule has 2 aromatic carbocycles. The second kappa shape index (κ2) is 15.5. The Labute approximate surface area is 250 Å². The molecule has 0 aliphatic carbocycles. The summed E-state index contributed by atoms with van der Waals surface area (Å²) in [5.74, 6) is -3.13. The summed E-state index contributed by atoms with van der Waals surface area (Å²) in [5.41, 5.74) is 1.73. The molecular weight excluding hydrogens is 556 g/mol. The summed E-state index contributed by atoms with van der Waals surface area (Å²) >= 11 is 0. The van der Waals surface area contributed by atoms with Crippen molar-refractivity contribution in [3.8, 4) is 16.9 Å². The molecule has 43 heavy (non-hydrogen) atoms. The lowest BCUT2D eigenvalue weighted by Crippen LogP contribution is -2.54. The Hall–Kier alpha value is -4.74. The average molecular weight is 595 g/mol. The molecule has 4 amide bonds. The van der Waals surface area contributed by atoms with Gasteiger partial charge in [-0.15, -0.1) is 0 Å². The molecule has 1 fully saturated rings. The van der Waals surface area contributed by atoms with Gasteiger partial charge in [0.1, 0.15) is 30.2 Å². The quantitative estimate of drug-likeness (QED) is 0.239. The predicted octanol–water partition coefficient (Wildman–Crippen LogP) is 1.53. The fourth-order valence-electron chi connectivity index (χ4n) is 4.91. The number of carboxylic acid groups (broad SMARTS) is 1. The Morgan fingerprint density at radius 1 is 1.05 bits per heavy atom. The highest BCUT2D eigenvalue weighted by Gasteiger charge is 2.41. The van der Waals surface area contributed by atoms with Crippen molar-refractivity contribution < 1.29 is 38.6 Å². The molecule has 0 unspecified atom stereocenters. The van der Waals surface area contributed by atoms with Gasteiger partial charge in [0.2, 0.25) is 23.6 Å². The zero-order chi connectivity index (χ0) is 31.5. The molecule has 4 N–H and O–H groups in total. The van der Waals surface area contributed by atoms with Crippen molar-refractivity contribution >= 4 is 35.9 Å². The van der Waals surface area contributed by atoms with Crippen molar-refractivity contribution in [2.45, 2.75) is 64.3 Å². The topological polar surface area (TPSA) is 171 Å². The molecule has 1 heterocycles. The smallest absolute Gasteiger partial charge is 0.305 e. The van der Waals surface area contributed by atoms with E-state index in [0.717, 1.165) is 11.1 Å². The number of nitrogens with zero attached hydrogens (tertiary/aromatic N) is 1. The van der Waals surface area contributed by atoms with Crippen LogP contribution in [-0.4, -0.2) is 83.2 Å². The number of carbonyl (C=O) groups is 6. The maximum Gasteiger partial charge on any atom is 0.305 e. The highest BCUT2D eigenvalue weighted by atomic mass is 16.5. The number of carbonyl (C=O) groups excluding carboxylic acids is 5. The summed E-state index contributed by atoms with van der Waals surface area (Å²) in [5, 5.41) is 16.6. The van der Waals surface area contributed by atoms with E-state index in [4.69, 9.17) is 9.84 Å². The van der Waals surface area contributed by atoms with E-state index in [9.17, 15) is 28.8 Å². The number of hydrogen-bond donors (Lipinski definition) is 4. The van der Waals surface area contributed by atoms with E-state index in [0.29, 0.717) is 18.5 Å². The summed E-state index contributed by atoms with van der Waals surface area (Å²) in [6.45, 7) is 4.53. The minimum atomic E-state index is -1.28. The van der Waals surface area contributed by atoms with Crippen LogP contribution in [0.3, 0.4) is 0 Å². The number of benzene rings is 2. The molecule has 12 nitrogen and oxygen atoms in total. The Morgan fingerprint density at radius 2 is 1.72 bits per heavy atom. The number of rotatable bonds is 14. The van der Waals surface area contributed by atoms with Gasteiger partial charge in [0.25, 0.3) is 0 Å². The van der Waals surface area contributed by atoms with Crippen molar-refractivity contribution in [3.63, 3.8) is 0 Å². The van der Waals surface area contributed by atoms with Gasteiger partial charge in [0.05, 0.1) is 25.6 Å². The van der Waals surface area contributed by atoms with Crippen LogP contribution in [0.1, 0.15) is 40.0 Å². The van der Waals surface area contributed by atoms with Gasteiger partial charge in [0.15, 0.2) is 0 Å². The van der Waals surface area contributed by atoms with Crippen LogP contribution in [-0.2, 0) is 28.8 Å². The minimum Gasteiger partial charge on any atom is -0.488 e. The number of amides is 4. The Morgan fingerprint density at radius 3 is 2.35 bits per heavy atom. The van der Waals surface area contributed by atoms with E-state index >= 15 is 0 Å². The molecule has 0 saturated carbocycles. The van der Waals surface area contributed by atoms with Crippen LogP contribution >= 0.6 is 0 Å². The van der Waals surface area contributed by atoms with Crippen molar-refractivity contribution in [2.24, 2.45) is 5.92 Å². The second-order valence-corrected chi connectivity index (χ2v) is 10.5. The SMILES string of the molecule is CC[C@H](C)[C@H](NC(C)=O)C(=O)NCC(=O)N1C[C@@H](Oc2ccccc2-c2ccccc2)C[C@H]1C(=O)N[C@H](C=O)CC(=O)O. The maximum atomic E-state index is 13.4. The van der Waals surface area contributed by atoms with E-state index in [-0.39, 0.29) is 24.8 Å². The lowest BCUT2D eigenvalue weighted by Gasteiger charge is -2.26. The number of carboxylic acids is 1. The summed E-state index contributed by atoms with van der Waals surface area (Å²) in [4.78, 5) is 75.0. The van der Waals surface area contributed by atoms with Crippen molar-refractivity contribution in [3.05, 3.63) is 54.6 Å². The Bertz CT molecular complexity index is 1320. The average Bonchev–Trinajstić information content (AvgIpc) is 3.42. The van der Waals surface area contributed by atoms with Gasteiger partial charge in [-0.05, 0) is 17.5 Å². The Balaban J connectivity index is 1.80. The van der Waals surface area contributed by atoms with Crippen LogP contribution in [0.25, 0.3) is 11.1 Å². The fourth-order valence-corrected chi connectivity index (χ4v) is 4.91. The summed E-state index contributed by atoms with van der Waals surface area (Å²) in [6, 6.07) is 13.7. The number of aldehydes is 1. The minimum absolute atomic E-state index is 0.00108. The first kappa shape index (κ1) is 32.8. The summed E-state index contributed by atoms with van der Waals surface area (Å²) in [6.07, 6.45) is -0.236. The normalized spacial score (nSPS) is 18.1. The van der Waals surface area contributed by atoms with Crippen molar-refractivity contribution in [1.29, 1.82) is 0 Å². The van der Waals surface area contributed by atoms with Gasteiger partial charge in [-0.1, -0.05) is 68.8 Å². The molecule has 5 atom stereocenters. The molecule has 1 saturated heterocycles. The molecule has 0 aromatic heterocycles.